The van der Waals surface area contributed by atoms with Gasteiger partial charge in [0.25, 0.3) is 0 Å². The fraction of sp³-hybridized carbons (Fsp3) is 0.955. The van der Waals surface area contributed by atoms with E-state index in [4.69, 9.17) is 4.74 Å². The largest absolute Gasteiger partial charge is 0.481 e. The quantitative estimate of drug-likeness (QED) is 0.0624. The Morgan fingerprint density at radius 1 is 0.367 bits per heavy atom. The standard InChI is InChI=1S/C44H86O5/c1-5-9-13-17-21-25-29-33-37-43(41(45)46,38-34-30-26-22-18-14-10-6-2)44(42(47)48,39-35-31-27-23-19-15-11-7-3)49-40-36-32-28-24-20-16-12-8-4/h5-40H2,1-4H3,(H,45,46)(H,47,48). The van der Waals surface area contributed by atoms with Crippen LogP contribution in [0.15, 0.2) is 0 Å². The monoisotopic (exact) mass is 695 g/mol. The molecule has 0 aromatic carbocycles. The van der Waals surface area contributed by atoms with Gasteiger partial charge in [-0.25, -0.2) is 4.79 Å². The van der Waals surface area contributed by atoms with E-state index in [1.807, 2.05) is 0 Å². The molecule has 0 fully saturated rings. The number of rotatable bonds is 40. The molecular formula is C44H86O5. The van der Waals surface area contributed by atoms with E-state index in [1.165, 1.54) is 128 Å². The smallest absolute Gasteiger partial charge is 0.337 e. The first kappa shape index (κ1) is 47.9. The summed E-state index contributed by atoms with van der Waals surface area (Å²) >= 11 is 0. The molecule has 0 radical (unpaired) electrons. The van der Waals surface area contributed by atoms with Gasteiger partial charge in [0, 0.05) is 6.61 Å². The summed E-state index contributed by atoms with van der Waals surface area (Å²) < 4.78 is 6.59. The number of aliphatic carboxylic acids is 2. The Bertz CT molecular complexity index is 717. The summed E-state index contributed by atoms with van der Waals surface area (Å²) in [6.07, 6.45) is 37.2. The number of unbranched alkanes of at least 4 members (excludes halogenated alkanes) is 28. The van der Waals surface area contributed by atoms with E-state index in [2.05, 4.69) is 27.7 Å². The average molecular weight is 695 g/mol. The number of carboxylic acids is 2. The minimum atomic E-state index is -1.68. The van der Waals surface area contributed by atoms with E-state index >= 15 is 0 Å². The van der Waals surface area contributed by atoms with Gasteiger partial charge in [-0.15, -0.1) is 0 Å². The summed E-state index contributed by atoms with van der Waals surface area (Å²) in [4.78, 5) is 27.2. The van der Waals surface area contributed by atoms with Gasteiger partial charge in [0.1, 0.15) is 5.41 Å². The first-order valence-electron chi connectivity index (χ1n) is 22.0. The van der Waals surface area contributed by atoms with Gasteiger partial charge in [-0.2, -0.15) is 0 Å². The van der Waals surface area contributed by atoms with Crippen molar-refractivity contribution in [1.82, 2.24) is 0 Å². The van der Waals surface area contributed by atoms with Crippen LogP contribution in [0.5, 0.6) is 0 Å². The molecular weight excluding hydrogens is 608 g/mol. The van der Waals surface area contributed by atoms with Crippen molar-refractivity contribution in [2.75, 3.05) is 6.61 Å². The van der Waals surface area contributed by atoms with Crippen LogP contribution in [-0.2, 0) is 14.3 Å². The third-order valence-electron chi connectivity index (χ3n) is 11.2. The third-order valence-corrected chi connectivity index (χ3v) is 11.2. The van der Waals surface area contributed by atoms with E-state index < -0.39 is 23.0 Å². The summed E-state index contributed by atoms with van der Waals surface area (Å²) in [6.45, 7) is 9.27. The van der Waals surface area contributed by atoms with Gasteiger partial charge in [0.15, 0.2) is 5.60 Å². The maximum atomic E-state index is 13.6. The minimum absolute atomic E-state index is 0.300. The van der Waals surface area contributed by atoms with Crippen LogP contribution in [0.25, 0.3) is 0 Å². The Balaban J connectivity index is 5.89. The zero-order valence-corrected chi connectivity index (χ0v) is 33.6. The zero-order chi connectivity index (χ0) is 36.3. The molecule has 0 aromatic rings. The van der Waals surface area contributed by atoms with E-state index in [9.17, 15) is 19.8 Å². The summed E-state index contributed by atoms with van der Waals surface area (Å²) in [6, 6.07) is 0. The molecule has 5 nitrogen and oxygen atoms in total. The molecule has 5 heteroatoms. The Morgan fingerprint density at radius 2 is 0.633 bits per heavy atom. The molecule has 0 aliphatic carbocycles. The highest BCUT2D eigenvalue weighted by molar-refractivity contribution is 5.89. The second kappa shape index (κ2) is 34.0. The van der Waals surface area contributed by atoms with Crippen molar-refractivity contribution in [2.45, 2.75) is 258 Å². The van der Waals surface area contributed by atoms with Crippen LogP contribution in [0, 0.1) is 5.41 Å². The molecule has 0 aliphatic heterocycles. The fourth-order valence-corrected chi connectivity index (χ4v) is 7.85. The van der Waals surface area contributed by atoms with Gasteiger partial charge in [-0.1, -0.05) is 220 Å². The second-order valence-electron chi connectivity index (χ2n) is 15.5. The number of carbonyl (C=O) groups is 2. The molecule has 0 saturated heterocycles. The van der Waals surface area contributed by atoms with Crippen molar-refractivity contribution >= 4 is 11.9 Å². The zero-order valence-electron chi connectivity index (χ0n) is 33.6. The van der Waals surface area contributed by atoms with Crippen molar-refractivity contribution < 1.29 is 24.5 Å². The Hall–Kier alpha value is -1.10. The van der Waals surface area contributed by atoms with E-state index in [-0.39, 0.29) is 0 Å². The summed E-state index contributed by atoms with van der Waals surface area (Å²) in [7, 11) is 0. The lowest BCUT2D eigenvalue weighted by molar-refractivity contribution is -0.206. The molecule has 0 aromatic heterocycles. The van der Waals surface area contributed by atoms with Crippen molar-refractivity contribution in [1.29, 1.82) is 0 Å². The van der Waals surface area contributed by atoms with E-state index in [1.54, 1.807) is 0 Å². The van der Waals surface area contributed by atoms with Gasteiger partial charge in [-0.3, -0.25) is 4.79 Å². The predicted molar refractivity (Wildman–Crippen MR) is 211 cm³/mol. The molecule has 0 bridgehead atoms. The highest BCUT2D eigenvalue weighted by Crippen LogP contribution is 2.48. The lowest BCUT2D eigenvalue weighted by atomic mass is 9.63. The van der Waals surface area contributed by atoms with Crippen molar-refractivity contribution in [3.8, 4) is 0 Å². The molecule has 0 saturated carbocycles. The molecule has 0 amide bonds. The van der Waals surface area contributed by atoms with Gasteiger partial charge in [-0.05, 0) is 32.1 Å². The summed E-state index contributed by atoms with van der Waals surface area (Å²) in [5.41, 5.74) is -3.07. The first-order chi connectivity index (χ1) is 23.9. The maximum Gasteiger partial charge on any atom is 0.337 e. The second-order valence-corrected chi connectivity index (χ2v) is 15.5. The number of ether oxygens (including phenoxy) is 1. The van der Waals surface area contributed by atoms with Crippen LogP contribution in [0.1, 0.15) is 252 Å². The van der Waals surface area contributed by atoms with Crippen LogP contribution in [-0.4, -0.2) is 34.4 Å². The van der Waals surface area contributed by atoms with Crippen LogP contribution < -0.4 is 0 Å². The highest BCUT2D eigenvalue weighted by Gasteiger charge is 2.61. The molecule has 0 spiro atoms. The first-order valence-corrected chi connectivity index (χ1v) is 22.0. The van der Waals surface area contributed by atoms with Crippen molar-refractivity contribution in [3.05, 3.63) is 0 Å². The molecule has 0 heterocycles. The summed E-state index contributed by atoms with van der Waals surface area (Å²) in [5, 5.41) is 22.2. The number of hydrogen-bond acceptors (Lipinski definition) is 3. The molecule has 49 heavy (non-hydrogen) atoms. The Morgan fingerprint density at radius 3 is 0.918 bits per heavy atom. The molecule has 1 atom stereocenters. The Labute approximate surface area is 305 Å². The van der Waals surface area contributed by atoms with E-state index in [0.717, 1.165) is 70.6 Å². The molecule has 292 valence electrons. The Kier molecular flexibility index (Phi) is 33.2. The van der Waals surface area contributed by atoms with Gasteiger partial charge >= 0.3 is 11.9 Å². The topological polar surface area (TPSA) is 83.8 Å². The van der Waals surface area contributed by atoms with E-state index in [0.29, 0.717) is 32.3 Å². The average Bonchev–Trinajstić information content (AvgIpc) is 3.09. The lowest BCUT2D eigenvalue weighted by Crippen LogP contribution is -2.60. The highest BCUT2D eigenvalue weighted by atomic mass is 16.5. The third kappa shape index (κ3) is 22.4. The van der Waals surface area contributed by atoms with Crippen LogP contribution in [0.4, 0.5) is 0 Å². The molecule has 2 N–H and O–H groups in total. The maximum absolute atomic E-state index is 13.6. The molecule has 0 rings (SSSR count). The summed E-state index contributed by atoms with van der Waals surface area (Å²) in [5.74, 6) is -1.99. The minimum Gasteiger partial charge on any atom is -0.481 e. The molecule has 0 aliphatic rings. The van der Waals surface area contributed by atoms with Crippen molar-refractivity contribution in [3.63, 3.8) is 0 Å². The normalized spacial score (nSPS) is 13.1. The predicted octanol–water partition coefficient (Wildman–Crippen LogP) is 14.6. The van der Waals surface area contributed by atoms with Crippen LogP contribution >= 0.6 is 0 Å². The van der Waals surface area contributed by atoms with Crippen LogP contribution in [0.3, 0.4) is 0 Å². The van der Waals surface area contributed by atoms with Gasteiger partial charge < -0.3 is 14.9 Å². The number of carboxylic acid groups (broad SMARTS) is 2. The lowest BCUT2D eigenvalue weighted by Gasteiger charge is -2.45. The SMILES string of the molecule is CCCCCCCCCCOC(CCCCCCCCCC)(C(=O)O)C(CCCCCCCCCC)(CCCCCCCCCC)C(=O)O. The van der Waals surface area contributed by atoms with Crippen molar-refractivity contribution in [2.24, 2.45) is 5.41 Å². The van der Waals surface area contributed by atoms with Crippen LogP contribution in [0.2, 0.25) is 0 Å². The molecule has 1 unspecified atom stereocenters. The fourth-order valence-electron chi connectivity index (χ4n) is 7.85. The van der Waals surface area contributed by atoms with Gasteiger partial charge in [0.2, 0.25) is 0 Å². The number of hydrogen-bond donors (Lipinski definition) is 2. The van der Waals surface area contributed by atoms with Gasteiger partial charge in [0.05, 0.1) is 0 Å².